The maximum absolute atomic E-state index is 7.06. The van der Waals surface area contributed by atoms with Gasteiger partial charge in [0.2, 0.25) is 0 Å². The van der Waals surface area contributed by atoms with Crippen molar-refractivity contribution in [2.75, 3.05) is 5.32 Å². The van der Waals surface area contributed by atoms with E-state index in [2.05, 4.69) is 199 Å². The minimum absolute atomic E-state index is 0.0102. The van der Waals surface area contributed by atoms with Gasteiger partial charge in [-0.3, -0.25) is 0 Å². The fraction of sp³-hybridized carbons (Fsp3) is 0.193. The van der Waals surface area contributed by atoms with Crippen LogP contribution in [0.1, 0.15) is 81.7 Å². The highest BCUT2D eigenvalue weighted by Crippen LogP contribution is 2.49. The van der Waals surface area contributed by atoms with Crippen molar-refractivity contribution in [2.24, 2.45) is 0 Å². The maximum atomic E-state index is 7.06. The first-order valence-electron chi connectivity index (χ1n) is 21.7. The number of fused-ring (bicyclic) bond motifs is 9. The lowest BCUT2D eigenvalue weighted by molar-refractivity contribution is 0.589. The Bertz CT molecular complexity index is 3160. The number of anilines is 2. The second-order valence-electron chi connectivity index (χ2n) is 19.3. The molecular formula is C57H50BNO. The molecule has 0 bridgehead atoms. The number of aryl methyl sites for hydroxylation is 1. The first-order valence-corrected chi connectivity index (χ1v) is 21.7. The van der Waals surface area contributed by atoms with Crippen LogP contribution in [0, 0.1) is 0 Å². The summed E-state index contributed by atoms with van der Waals surface area (Å²) in [5.41, 5.74) is 21.9. The molecule has 0 radical (unpaired) electrons. The molecule has 0 amide bonds. The van der Waals surface area contributed by atoms with Crippen LogP contribution in [0.25, 0.3) is 66.1 Å². The summed E-state index contributed by atoms with van der Waals surface area (Å²) in [7, 11) is 0.836. The lowest BCUT2D eigenvalue weighted by Crippen LogP contribution is -2.42. The average molecular weight is 776 g/mol. The molecule has 2 aliphatic rings. The number of nitrogens with one attached hydrogen (secondary N) is 1. The summed E-state index contributed by atoms with van der Waals surface area (Å²) in [5, 5.41) is 8.78. The topological polar surface area (TPSA) is 25.2 Å². The van der Waals surface area contributed by atoms with Crippen LogP contribution in [0.5, 0.6) is 0 Å². The predicted molar refractivity (Wildman–Crippen MR) is 258 cm³/mol. The molecule has 9 aromatic rings. The fourth-order valence-electron chi connectivity index (χ4n) is 10.3. The highest BCUT2D eigenvalue weighted by Gasteiger charge is 2.38. The molecule has 60 heavy (non-hydrogen) atoms. The van der Waals surface area contributed by atoms with Crippen molar-refractivity contribution in [3.63, 3.8) is 0 Å². The van der Waals surface area contributed by atoms with E-state index in [9.17, 15) is 0 Å². The van der Waals surface area contributed by atoms with Crippen molar-refractivity contribution in [3.8, 4) is 33.4 Å². The third-order valence-electron chi connectivity index (χ3n) is 13.5. The second-order valence-corrected chi connectivity index (χ2v) is 19.3. The standard InChI is InChI=1S/C57H50BNO/c1-56(2,3)38-25-20-37-23-28-43-51-45(44(37)30-38)31-39(57(4,5)6)32-48(51)58-54-47(33-46-42-18-12-13-19-50(42)60-55(46)53(43)54)52-41-17-11-10-16-36(41)24-29-49(52)59-40-26-21-35(22-27-40)34-14-8-7-9-15-34/h7-22,24-27,29-33,43,58-59H,23,28H2,1-6H3. The van der Waals surface area contributed by atoms with E-state index in [1.165, 1.54) is 93.7 Å². The molecule has 1 atom stereocenters. The van der Waals surface area contributed by atoms with E-state index >= 15 is 0 Å². The number of hydrogen-bond donors (Lipinski definition) is 1. The lowest BCUT2D eigenvalue weighted by Gasteiger charge is -2.33. The number of para-hydroxylation sites is 1. The second kappa shape index (κ2) is 13.6. The molecule has 1 aliphatic carbocycles. The van der Waals surface area contributed by atoms with Gasteiger partial charge in [0.05, 0.1) is 0 Å². The van der Waals surface area contributed by atoms with Gasteiger partial charge in [0.25, 0.3) is 0 Å². The van der Waals surface area contributed by atoms with Crippen molar-refractivity contribution < 1.29 is 4.42 Å². The Hall–Kier alpha value is -6.32. The number of hydrogen-bond acceptors (Lipinski definition) is 2. The first-order chi connectivity index (χ1) is 29.0. The van der Waals surface area contributed by atoms with E-state index in [1.807, 2.05) is 0 Å². The Morgan fingerprint density at radius 2 is 1.27 bits per heavy atom. The molecule has 0 spiro atoms. The van der Waals surface area contributed by atoms with Gasteiger partial charge in [-0.1, -0.05) is 174 Å². The molecule has 0 saturated carbocycles. The van der Waals surface area contributed by atoms with E-state index in [1.54, 1.807) is 0 Å². The molecule has 2 nitrogen and oxygen atoms in total. The highest BCUT2D eigenvalue weighted by molar-refractivity contribution is 6.71. The van der Waals surface area contributed by atoms with Crippen LogP contribution in [0.15, 0.2) is 156 Å². The molecule has 1 unspecified atom stereocenters. The minimum Gasteiger partial charge on any atom is -0.456 e. The van der Waals surface area contributed by atoms with Gasteiger partial charge in [-0.2, -0.15) is 0 Å². The van der Waals surface area contributed by atoms with E-state index in [-0.39, 0.29) is 16.7 Å². The summed E-state index contributed by atoms with van der Waals surface area (Å²) >= 11 is 0. The number of furan rings is 1. The van der Waals surface area contributed by atoms with E-state index in [0.717, 1.165) is 42.7 Å². The van der Waals surface area contributed by atoms with E-state index in [4.69, 9.17) is 4.42 Å². The molecule has 1 aliphatic heterocycles. The van der Waals surface area contributed by atoms with Gasteiger partial charge >= 0.3 is 0 Å². The predicted octanol–water partition coefficient (Wildman–Crippen LogP) is 13.9. The molecule has 1 aromatic heterocycles. The summed E-state index contributed by atoms with van der Waals surface area (Å²) in [5.74, 6) is 0.179. The zero-order valence-electron chi connectivity index (χ0n) is 35.5. The fourth-order valence-corrected chi connectivity index (χ4v) is 10.3. The van der Waals surface area contributed by atoms with Crippen LogP contribution >= 0.6 is 0 Å². The summed E-state index contributed by atoms with van der Waals surface area (Å²) in [6.45, 7) is 14.1. The van der Waals surface area contributed by atoms with Gasteiger partial charge < -0.3 is 9.73 Å². The molecule has 11 rings (SSSR count). The maximum Gasteiger partial charge on any atom is 0.194 e. The van der Waals surface area contributed by atoms with Gasteiger partial charge in [-0.05, 0) is 120 Å². The molecule has 292 valence electrons. The van der Waals surface area contributed by atoms with Crippen LogP contribution < -0.4 is 16.2 Å². The first kappa shape index (κ1) is 36.7. The summed E-state index contributed by atoms with van der Waals surface area (Å²) in [6, 6.07) is 56.4. The van der Waals surface area contributed by atoms with Crippen LogP contribution in [-0.2, 0) is 17.3 Å². The largest absolute Gasteiger partial charge is 0.456 e. The lowest BCUT2D eigenvalue weighted by atomic mass is 9.51. The van der Waals surface area contributed by atoms with Crippen molar-refractivity contribution >= 4 is 62.3 Å². The molecule has 1 N–H and O–H groups in total. The van der Waals surface area contributed by atoms with Crippen molar-refractivity contribution in [1.29, 1.82) is 0 Å². The van der Waals surface area contributed by atoms with Crippen LogP contribution in [-0.4, -0.2) is 7.28 Å². The number of rotatable bonds is 4. The monoisotopic (exact) mass is 775 g/mol. The Kier molecular flexibility index (Phi) is 8.33. The Morgan fingerprint density at radius 1 is 0.567 bits per heavy atom. The quantitative estimate of drug-likeness (QED) is 0.180. The molecule has 3 heteroatoms. The average Bonchev–Trinajstić information content (AvgIpc) is 3.54. The van der Waals surface area contributed by atoms with Crippen molar-refractivity contribution in [2.45, 2.75) is 71.1 Å². The summed E-state index contributed by atoms with van der Waals surface area (Å²) < 4.78 is 7.06. The van der Waals surface area contributed by atoms with E-state index in [0.29, 0.717) is 0 Å². The molecular weight excluding hydrogens is 725 g/mol. The Balaban J connectivity index is 1.18. The van der Waals surface area contributed by atoms with Crippen LogP contribution in [0.2, 0.25) is 0 Å². The zero-order chi connectivity index (χ0) is 40.9. The van der Waals surface area contributed by atoms with Crippen LogP contribution in [0.4, 0.5) is 11.4 Å². The van der Waals surface area contributed by atoms with Gasteiger partial charge in [0.1, 0.15) is 11.2 Å². The molecule has 0 saturated heterocycles. The van der Waals surface area contributed by atoms with Gasteiger partial charge in [-0.25, -0.2) is 0 Å². The van der Waals surface area contributed by atoms with Crippen molar-refractivity contribution in [3.05, 3.63) is 179 Å². The minimum atomic E-state index is -0.0102. The Labute approximate surface area is 354 Å². The van der Waals surface area contributed by atoms with Crippen LogP contribution in [0.3, 0.4) is 0 Å². The zero-order valence-corrected chi connectivity index (χ0v) is 35.5. The third-order valence-corrected chi connectivity index (χ3v) is 13.5. The summed E-state index contributed by atoms with van der Waals surface area (Å²) in [4.78, 5) is 0. The molecule has 0 fully saturated rings. The summed E-state index contributed by atoms with van der Waals surface area (Å²) in [6.07, 6.45) is 2.03. The van der Waals surface area contributed by atoms with Gasteiger partial charge in [0.15, 0.2) is 7.28 Å². The third kappa shape index (κ3) is 6.01. The smallest absolute Gasteiger partial charge is 0.194 e. The highest BCUT2D eigenvalue weighted by atomic mass is 16.3. The van der Waals surface area contributed by atoms with Gasteiger partial charge in [0, 0.05) is 33.6 Å². The number of benzene rings is 8. The normalized spacial score (nSPS) is 14.7. The van der Waals surface area contributed by atoms with Gasteiger partial charge in [-0.15, -0.1) is 0 Å². The Morgan fingerprint density at radius 3 is 2.05 bits per heavy atom. The SMILES string of the molecule is CC(C)(C)c1ccc2c(c1)-c1cc(C(C)(C)C)cc3c1C(CC2)c1c(c(-c2c(Nc4ccc(-c5ccccc5)cc4)ccc4ccccc24)cc2c1oc1ccccc12)B3. The van der Waals surface area contributed by atoms with E-state index < -0.39 is 0 Å². The van der Waals surface area contributed by atoms with Crippen molar-refractivity contribution in [1.82, 2.24) is 0 Å². The molecule has 8 aromatic carbocycles. The molecule has 2 heterocycles.